The van der Waals surface area contributed by atoms with Gasteiger partial charge in [0.05, 0.1) is 0 Å². The maximum absolute atomic E-state index is 12.5. The predicted molar refractivity (Wildman–Crippen MR) is 78.7 cm³/mol. The number of aryl methyl sites for hydroxylation is 1. The highest BCUT2D eigenvalue weighted by atomic mass is 16.2. The van der Waals surface area contributed by atoms with E-state index in [-0.39, 0.29) is 18.4 Å². The normalized spacial score (nSPS) is 14.8. The van der Waals surface area contributed by atoms with Crippen molar-refractivity contribution in [3.63, 3.8) is 0 Å². The lowest BCUT2D eigenvalue weighted by molar-refractivity contribution is -0.120. The van der Waals surface area contributed by atoms with Gasteiger partial charge in [0.25, 0.3) is 5.91 Å². The lowest BCUT2D eigenvalue weighted by Gasteiger charge is -2.19. The first-order valence-corrected chi connectivity index (χ1v) is 6.87. The third-order valence-electron chi connectivity index (χ3n) is 3.24. The standard InChI is InChI=1S/C16H18N2O3/c1-12-9-13(3-2-8-19)11-14(10-12)16(21)18-6-4-15(20)17-5-7-18/h9-11,19H,4-8H2,1H3,(H,17,20). The lowest BCUT2D eigenvalue weighted by atomic mass is 10.1. The van der Waals surface area contributed by atoms with Crippen LogP contribution in [0.4, 0.5) is 0 Å². The zero-order valence-electron chi connectivity index (χ0n) is 12.0. The van der Waals surface area contributed by atoms with Crippen molar-refractivity contribution in [3.05, 3.63) is 34.9 Å². The van der Waals surface area contributed by atoms with Gasteiger partial charge in [-0.25, -0.2) is 0 Å². The molecule has 0 spiro atoms. The summed E-state index contributed by atoms with van der Waals surface area (Å²) in [7, 11) is 0. The van der Waals surface area contributed by atoms with Crippen molar-refractivity contribution >= 4 is 11.8 Å². The van der Waals surface area contributed by atoms with Gasteiger partial charge in [-0.3, -0.25) is 9.59 Å². The molecule has 0 atom stereocenters. The van der Waals surface area contributed by atoms with Gasteiger partial charge in [-0.2, -0.15) is 0 Å². The molecule has 0 saturated carbocycles. The number of nitrogens with zero attached hydrogens (tertiary/aromatic N) is 1. The molecule has 0 unspecified atom stereocenters. The van der Waals surface area contributed by atoms with Gasteiger partial charge in [-0.1, -0.05) is 11.8 Å². The highest BCUT2D eigenvalue weighted by Gasteiger charge is 2.20. The van der Waals surface area contributed by atoms with E-state index >= 15 is 0 Å². The van der Waals surface area contributed by atoms with Gasteiger partial charge in [0.2, 0.25) is 5.91 Å². The van der Waals surface area contributed by atoms with Crippen molar-refractivity contribution in [1.29, 1.82) is 0 Å². The van der Waals surface area contributed by atoms with E-state index in [2.05, 4.69) is 17.2 Å². The quantitative estimate of drug-likeness (QED) is 0.730. The number of aliphatic hydroxyl groups is 1. The smallest absolute Gasteiger partial charge is 0.253 e. The Morgan fingerprint density at radius 2 is 2.19 bits per heavy atom. The minimum absolute atomic E-state index is 0.0240. The summed E-state index contributed by atoms with van der Waals surface area (Å²) in [6, 6.07) is 5.40. The molecule has 2 rings (SSSR count). The van der Waals surface area contributed by atoms with Crippen LogP contribution in [0, 0.1) is 18.8 Å². The second kappa shape index (κ2) is 6.91. The number of hydrogen-bond acceptors (Lipinski definition) is 3. The van der Waals surface area contributed by atoms with E-state index in [4.69, 9.17) is 5.11 Å². The summed E-state index contributed by atoms with van der Waals surface area (Å²) < 4.78 is 0. The Bertz CT molecular complexity index is 614. The SMILES string of the molecule is Cc1cc(C#CCO)cc(C(=O)N2CCNC(=O)CC2)c1. The minimum Gasteiger partial charge on any atom is -0.384 e. The van der Waals surface area contributed by atoms with Crippen LogP contribution in [-0.4, -0.2) is 48.1 Å². The van der Waals surface area contributed by atoms with Gasteiger partial charge in [-0.15, -0.1) is 0 Å². The topological polar surface area (TPSA) is 69.6 Å². The van der Waals surface area contributed by atoms with Gasteiger partial charge in [0, 0.05) is 37.2 Å². The Hall–Kier alpha value is -2.32. The van der Waals surface area contributed by atoms with E-state index < -0.39 is 0 Å². The van der Waals surface area contributed by atoms with E-state index in [1.165, 1.54) is 0 Å². The minimum atomic E-state index is -0.211. The molecule has 1 heterocycles. The van der Waals surface area contributed by atoms with Gasteiger partial charge in [-0.05, 0) is 30.7 Å². The molecule has 1 aromatic rings. The van der Waals surface area contributed by atoms with Crippen molar-refractivity contribution in [2.45, 2.75) is 13.3 Å². The second-order valence-corrected chi connectivity index (χ2v) is 4.94. The summed E-state index contributed by atoms with van der Waals surface area (Å²) in [6.07, 6.45) is 0.328. The van der Waals surface area contributed by atoms with Crippen molar-refractivity contribution in [1.82, 2.24) is 10.2 Å². The van der Waals surface area contributed by atoms with Crippen LogP contribution in [0.1, 0.15) is 27.9 Å². The van der Waals surface area contributed by atoms with Gasteiger partial charge in [0.15, 0.2) is 0 Å². The van der Waals surface area contributed by atoms with Crippen LogP contribution in [0.3, 0.4) is 0 Å². The molecule has 2 amide bonds. The molecule has 2 N–H and O–H groups in total. The van der Waals surface area contributed by atoms with Gasteiger partial charge >= 0.3 is 0 Å². The van der Waals surface area contributed by atoms with Crippen molar-refractivity contribution in [2.75, 3.05) is 26.2 Å². The molecule has 110 valence electrons. The maximum atomic E-state index is 12.5. The molecule has 5 heteroatoms. The van der Waals surface area contributed by atoms with Crippen LogP contribution in [0.5, 0.6) is 0 Å². The van der Waals surface area contributed by atoms with E-state index in [0.29, 0.717) is 37.2 Å². The Labute approximate surface area is 124 Å². The maximum Gasteiger partial charge on any atom is 0.253 e. The fraction of sp³-hybridized carbons (Fsp3) is 0.375. The number of nitrogens with one attached hydrogen (secondary N) is 1. The monoisotopic (exact) mass is 286 g/mol. The highest BCUT2D eigenvalue weighted by molar-refractivity contribution is 5.95. The molecule has 0 radical (unpaired) electrons. The Kier molecular flexibility index (Phi) is 4.96. The number of carbonyl (C=O) groups excluding carboxylic acids is 2. The Balaban J connectivity index is 2.22. The second-order valence-electron chi connectivity index (χ2n) is 4.94. The number of aliphatic hydroxyl groups excluding tert-OH is 1. The predicted octanol–water partition coefficient (Wildman–Crippen LogP) is 0.301. The first-order valence-electron chi connectivity index (χ1n) is 6.87. The molecule has 1 fully saturated rings. The first kappa shape index (κ1) is 15.1. The number of rotatable bonds is 1. The first-order chi connectivity index (χ1) is 10.1. The average Bonchev–Trinajstić information content (AvgIpc) is 2.68. The van der Waals surface area contributed by atoms with Crippen LogP contribution in [0.25, 0.3) is 0 Å². The third kappa shape index (κ3) is 4.07. The van der Waals surface area contributed by atoms with Crippen LogP contribution in [0.15, 0.2) is 18.2 Å². The molecule has 0 aliphatic carbocycles. The molecule has 1 aromatic carbocycles. The molecule has 0 aromatic heterocycles. The fourth-order valence-electron chi connectivity index (χ4n) is 2.27. The summed E-state index contributed by atoms with van der Waals surface area (Å²) in [5.41, 5.74) is 2.20. The molecule has 0 bridgehead atoms. The molecule has 1 saturated heterocycles. The largest absolute Gasteiger partial charge is 0.384 e. The summed E-state index contributed by atoms with van der Waals surface area (Å²) in [4.78, 5) is 25.5. The van der Waals surface area contributed by atoms with Crippen LogP contribution >= 0.6 is 0 Å². The third-order valence-corrected chi connectivity index (χ3v) is 3.24. The van der Waals surface area contributed by atoms with E-state index in [0.717, 1.165) is 5.56 Å². The Morgan fingerprint density at radius 1 is 1.38 bits per heavy atom. The van der Waals surface area contributed by atoms with Crippen molar-refractivity contribution < 1.29 is 14.7 Å². The summed E-state index contributed by atoms with van der Waals surface area (Å²) >= 11 is 0. The number of benzene rings is 1. The van der Waals surface area contributed by atoms with Crippen LogP contribution in [-0.2, 0) is 4.79 Å². The van der Waals surface area contributed by atoms with E-state index in [1.807, 2.05) is 19.1 Å². The number of amides is 2. The fourth-order valence-corrected chi connectivity index (χ4v) is 2.27. The van der Waals surface area contributed by atoms with Gasteiger partial charge in [0.1, 0.15) is 6.61 Å². The highest BCUT2D eigenvalue weighted by Crippen LogP contribution is 2.12. The molecular formula is C16H18N2O3. The lowest BCUT2D eigenvalue weighted by Crippen LogP contribution is -2.34. The molecule has 1 aliphatic rings. The summed E-state index contributed by atoms with van der Waals surface area (Å²) in [5, 5.41) is 11.5. The van der Waals surface area contributed by atoms with Gasteiger partial charge < -0.3 is 15.3 Å². The van der Waals surface area contributed by atoms with Crippen molar-refractivity contribution in [2.24, 2.45) is 0 Å². The van der Waals surface area contributed by atoms with Crippen LogP contribution < -0.4 is 5.32 Å². The van der Waals surface area contributed by atoms with E-state index in [9.17, 15) is 9.59 Å². The van der Waals surface area contributed by atoms with Crippen molar-refractivity contribution in [3.8, 4) is 11.8 Å². The van der Waals surface area contributed by atoms with E-state index in [1.54, 1.807) is 11.0 Å². The molecule has 21 heavy (non-hydrogen) atoms. The average molecular weight is 286 g/mol. The number of carbonyl (C=O) groups is 2. The summed E-state index contributed by atoms with van der Waals surface area (Å²) in [6.45, 7) is 3.10. The van der Waals surface area contributed by atoms with Crippen LogP contribution in [0.2, 0.25) is 0 Å². The number of hydrogen-bond donors (Lipinski definition) is 2. The zero-order valence-corrected chi connectivity index (χ0v) is 12.0. The Morgan fingerprint density at radius 3 is 2.95 bits per heavy atom. The molecular weight excluding hydrogens is 268 g/mol. The molecule has 1 aliphatic heterocycles. The molecule has 5 nitrogen and oxygen atoms in total. The zero-order chi connectivity index (χ0) is 15.2. The summed E-state index contributed by atoms with van der Waals surface area (Å²) in [5.74, 6) is 5.28.